The van der Waals surface area contributed by atoms with Crippen molar-refractivity contribution in [3.63, 3.8) is 0 Å². The lowest BCUT2D eigenvalue weighted by atomic mass is 10.00. The van der Waals surface area contributed by atoms with Gasteiger partial charge in [0.1, 0.15) is 0 Å². The first-order valence-corrected chi connectivity index (χ1v) is 8.61. The molecule has 0 aromatic rings. The standard InChI is InChI=1S/C12H26N2S2/c13-7-9-15-11-5-3-1-2-4-6-12(11)16-10-8-14/h11-12H,1-10,13-14H2/t11-,12-/m0/s1. The quantitative estimate of drug-likeness (QED) is 0.772. The van der Waals surface area contributed by atoms with Crippen LogP contribution >= 0.6 is 23.5 Å². The fourth-order valence-corrected chi connectivity index (χ4v) is 4.95. The molecule has 0 bridgehead atoms. The first-order valence-electron chi connectivity index (χ1n) is 6.52. The van der Waals surface area contributed by atoms with E-state index in [9.17, 15) is 0 Å². The summed E-state index contributed by atoms with van der Waals surface area (Å²) >= 11 is 4.18. The molecule has 2 atom stereocenters. The Labute approximate surface area is 109 Å². The first kappa shape index (κ1) is 14.7. The minimum atomic E-state index is 0.815. The van der Waals surface area contributed by atoms with Crippen LogP contribution in [0.25, 0.3) is 0 Å². The maximum Gasteiger partial charge on any atom is 0.0166 e. The molecule has 0 spiro atoms. The van der Waals surface area contributed by atoms with E-state index < -0.39 is 0 Å². The third kappa shape index (κ3) is 5.80. The van der Waals surface area contributed by atoms with Gasteiger partial charge in [0, 0.05) is 35.1 Å². The smallest absolute Gasteiger partial charge is 0.0166 e. The minimum absolute atomic E-state index is 0.815. The van der Waals surface area contributed by atoms with Crippen LogP contribution in [-0.4, -0.2) is 35.1 Å². The van der Waals surface area contributed by atoms with Crippen LogP contribution < -0.4 is 11.5 Å². The van der Waals surface area contributed by atoms with Gasteiger partial charge in [-0.2, -0.15) is 23.5 Å². The summed E-state index contributed by atoms with van der Waals surface area (Å²) in [4.78, 5) is 0. The highest BCUT2D eigenvalue weighted by molar-refractivity contribution is 8.03. The van der Waals surface area contributed by atoms with Crippen molar-refractivity contribution < 1.29 is 0 Å². The average Bonchev–Trinajstić information content (AvgIpc) is 2.27. The highest BCUT2D eigenvalue weighted by Gasteiger charge is 2.22. The van der Waals surface area contributed by atoms with E-state index in [1.165, 1.54) is 38.5 Å². The Kier molecular flexibility index (Phi) is 8.84. The van der Waals surface area contributed by atoms with Crippen molar-refractivity contribution in [2.24, 2.45) is 11.5 Å². The predicted octanol–water partition coefficient (Wildman–Crippen LogP) is 2.46. The zero-order valence-corrected chi connectivity index (χ0v) is 11.8. The van der Waals surface area contributed by atoms with Crippen molar-refractivity contribution >= 4 is 23.5 Å². The van der Waals surface area contributed by atoms with E-state index in [-0.39, 0.29) is 0 Å². The van der Waals surface area contributed by atoms with Crippen LogP contribution in [0.4, 0.5) is 0 Å². The molecule has 0 aromatic heterocycles. The van der Waals surface area contributed by atoms with Gasteiger partial charge in [0.05, 0.1) is 0 Å². The molecule has 0 aromatic carbocycles. The molecule has 16 heavy (non-hydrogen) atoms. The van der Waals surface area contributed by atoms with Crippen molar-refractivity contribution in [1.29, 1.82) is 0 Å². The summed E-state index contributed by atoms with van der Waals surface area (Å²) in [6, 6.07) is 0. The van der Waals surface area contributed by atoms with Gasteiger partial charge in [-0.05, 0) is 12.8 Å². The molecule has 0 amide bonds. The van der Waals surface area contributed by atoms with E-state index in [0.29, 0.717) is 0 Å². The Hall–Kier alpha value is 0.620. The summed E-state index contributed by atoms with van der Waals surface area (Å²) in [5.74, 6) is 2.23. The molecule has 1 fully saturated rings. The van der Waals surface area contributed by atoms with Crippen molar-refractivity contribution in [3.05, 3.63) is 0 Å². The number of rotatable bonds is 6. The van der Waals surface area contributed by atoms with Gasteiger partial charge in [-0.25, -0.2) is 0 Å². The third-order valence-electron chi connectivity index (χ3n) is 3.04. The molecule has 1 saturated carbocycles. The maximum absolute atomic E-state index is 5.61. The number of nitrogens with two attached hydrogens (primary N) is 2. The normalized spacial score (nSPS) is 27.4. The van der Waals surface area contributed by atoms with E-state index in [2.05, 4.69) is 23.5 Å². The highest BCUT2D eigenvalue weighted by atomic mass is 32.2. The van der Waals surface area contributed by atoms with Crippen LogP contribution in [0.15, 0.2) is 0 Å². The largest absolute Gasteiger partial charge is 0.330 e. The second-order valence-electron chi connectivity index (χ2n) is 4.39. The zero-order valence-electron chi connectivity index (χ0n) is 10.2. The Morgan fingerprint density at radius 1 is 0.750 bits per heavy atom. The second-order valence-corrected chi connectivity index (χ2v) is 7.08. The van der Waals surface area contributed by atoms with Gasteiger partial charge in [0.2, 0.25) is 0 Å². The summed E-state index contributed by atoms with van der Waals surface area (Å²) < 4.78 is 0. The Balaban J connectivity index is 2.39. The van der Waals surface area contributed by atoms with Crippen LogP contribution in [0.2, 0.25) is 0 Å². The number of hydrogen-bond donors (Lipinski definition) is 2. The molecule has 4 N–H and O–H groups in total. The van der Waals surface area contributed by atoms with Crippen molar-refractivity contribution in [2.75, 3.05) is 24.6 Å². The fourth-order valence-electron chi connectivity index (χ4n) is 2.24. The van der Waals surface area contributed by atoms with Gasteiger partial charge in [-0.15, -0.1) is 0 Å². The molecular formula is C12H26N2S2. The fraction of sp³-hybridized carbons (Fsp3) is 1.00. The lowest BCUT2D eigenvalue weighted by Gasteiger charge is -2.28. The van der Waals surface area contributed by atoms with Crippen LogP contribution in [0.5, 0.6) is 0 Å². The molecule has 4 heteroatoms. The molecule has 0 radical (unpaired) electrons. The molecule has 0 unspecified atom stereocenters. The molecule has 96 valence electrons. The van der Waals surface area contributed by atoms with Crippen LogP contribution in [0.1, 0.15) is 38.5 Å². The first-order chi connectivity index (χ1) is 7.88. The Morgan fingerprint density at radius 2 is 1.19 bits per heavy atom. The van der Waals surface area contributed by atoms with E-state index in [1.807, 2.05) is 0 Å². The average molecular weight is 262 g/mol. The molecule has 1 aliphatic carbocycles. The van der Waals surface area contributed by atoms with Crippen molar-refractivity contribution in [1.82, 2.24) is 0 Å². The van der Waals surface area contributed by atoms with Gasteiger partial charge >= 0.3 is 0 Å². The van der Waals surface area contributed by atoms with E-state index in [4.69, 9.17) is 11.5 Å². The van der Waals surface area contributed by atoms with Gasteiger partial charge in [0.25, 0.3) is 0 Å². The molecule has 0 heterocycles. The topological polar surface area (TPSA) is 52.0 Å². The predicted molar refractivity (Wildman–Crippen MR) is 78.3 cm³/mol. The summed E-state index contributed by atoms with van der Waals surface area (Å²) in [6.07, 6.45) is 8.42. The van der Waals surface area contributed by atoms with E-state index >= 15 is 0 Å². The van der Waals surface area contributed by atoms with Gasteiger partial charge in [-0.3, -0.25) is 0 Å². The SMILES string of the molecule is NCCS[C@H]1CCCCCC[C@@H]1SCCN. The third-order valence-corrected chi connectivity index (χ3v) is 6.14. The summed E-state index contributed by atoms with van der Waals surface area (Å²) in [6.45, 7) is 1.63. The Bertz CT molecular complexity index is 145. The van der Waals surface area contributed by atoms with Crippen LogP contribution in [-0.2, 0) is 0 Å². The molecule has 2 nitrogen and oxygen atoms in total. The van der Waals surface area contributed by atoms with Crippen LogP contribution in [0.3, 0.4) is 0 Å². The van der Waals surface area contributed by atoms with Gasteiger partial charge < -0.3 is 11.5 Å². The summed E-state index contributed by atoms with van der Waals surface area (Å²) in [7, 11) is 0. The van der Waals surface area contributed by atoms with E-state index in [1.54, 1.807) is 0 Å². The molecule has 1 aliphatic rings. The lowest BCUT2D eigenvalue weighted by Crippen LogP contribution is -2.24. The summed E-state index contributed by atoms with van der Waals surface area (Å²) in [5.41, 5.74) is 11.2. The summed E-state index contributed by atoms with van der Waals surface area (Å²) in [5, 5.41) is 1.64. The second kappa shape index (κ2) is 9.63. The minimum Gasteiger partial charge on any atom is -0.330 e. The highest BCUT2D eigenvalue weighted by Crippen LogP contribution is 2.34. The monoisotopic (exact) mass is 262 g/mol. The molecular weight excluding hydrogens is 236 g/mol. The molecule has 0 aliphatic heterocycles. The van der Waals surface area contributed by atoms with Crippen molar-refractivity contribution in [3.8, 4) is 0 Å². The van der Waals surface area contributed by atoms with Gasteiger partial charge in [0.15, 0.2) is 0 Å². The lowest BCUT2D eigenvalue weighted by molar-refractivity contribution is 0.521. The Morgan fingerprint density at radius 3 is 1.56 bits per heavy atom. The van der Waals surface area contributed by atoms with Crippen LogP contribution in [0, 0.1) is 0 Å². The zero-order chi connectivity index (χ0) is 11.6. The number of hydrogen-bond acceptors (Lipinski definition) is 4. The van der Waals surface area contributed by atoms with E-state index in [0.717, 1.165) is 35.1 Å². The molecule has 1 rings (SSSR count). The number of thioether (sulfide) groups is 2. The maximum atomic E-state index is 5.61. The van der Waals surface area contributed by atoms with Crippen molar-refractivity contribution in [2.45, 2.75) is 49.0 Å². The van der Waals surface area contributed by atoms with Gasteiger partial charge in [-0.1, -0.05) is 25.7 Å². The molecule has 0 saturated heterocycles.